The third-order valence-electron chi connectivity index (χ3n) is 5.32. The molecule has 0 N–H and O–H groups in total. The van der Waals surface area contributed by atoms with Gasteiger partial charge in [-0.1, -0.05) is 84.4 Å². The van der Waals surface area contributed by atoms with E-state index in [1.807, 2.05) is 48.5 Å². The maximum Gasteiger partial charge on any atom is 0.344 e. The molecule has 0 saturated carbocycles. The molecule has 0 amide bonds. The fourth-order valence-corrected chi connectivity index (χ4v) is 4.17. The van der Waals surface area contributed by atoms with Crippen molar-refractivity contribution < 1.29 is 4.42 Å². The van der Waals surface area contributed by atoms with Crippen LogP contribution in [-0.4, -0.2) is 0 Å². The van der Waals surface area contributed by atoms with Crippen molar-refractivity contribution in [3.05, 3.63) is 100 Å². The Hall–Kier alpha value is -3.65. The summed E-state index contributed by atoms with van der Waals surface area (Å²) in [6.45, 7) is 4.18. The Morgan fingerprint density at radius 2 is 1.31 bits per heavy atom. The van der Waals surface area contributed by atoms with Gasteiger partial charge < -0.3 is 4.42 Å². The minimum absolute atomic E-state index is 0.302. The molecule has 0 bridgehead atoms. The molecule has 29 heavy (non-hydrogen) atoms. The van der Waals surface area contributed by atoms with E-state index in [2.05, 4.69) is 50.3 Å². The molecule has 0 unspecified atom stereocenters. The Balaban J connectivity index is 2.16. The van der Waals surface area contributed by atoms with E-state index < -0.39 is 0 Å². The van der Waals surface area contributed by atoms with Gasteiger partial charge in [-0.3, -0.25) is 0 Å². The summed E-state index contributed by atoms with van der Waals surface area (Å²) < 4.78 is 6.01. The molecule has 0 saturated heterocycles. The number of rotatable bonds is 2. The molecule has 1 aromatic heterocycles. The van der Waals surface area contributed by atoms with Crippen molar-refractivity contribution in [2.75, 3.05) is 0 Å². The van der Waals surface area contributed by atoms with Crippen molar-refractivity contribution in [1.82, 2.24) is 0 Å². The predicted octanol–water partition coefficient (Wildman–Crippen LogP) is 7.19. The minimum atomic E-state index is -0.302. The molecule has 1 heterocycles. The lowest BCUT2D eigenvalue weighted by atomic mass is 9.89. The fourth-order valence-electron chi connectivity index (χ4n) is 4.17. The van der Waals surface area contributed by atoms with Crippen LogP contribution in [0, 0.1) is 0 Å². The van der Waals surface area contributed by atoms with Crippen LogP contribution in [0.4, 0.5) is 0 Å². The zero-order valence-corrected chi connectivity index (χ0v) is 16.4. The highest BCUT2D eigenvalue weighted by molar-refractivity contribution is 6.22. The summed E-state index contributed by atoms with van der Waals surface area (Å²) in [5, 5.41) is 4.75. The Morgan fingerprint density at radius 1 is 0.724 bits per heavy atom. The first-order valence-corrected chi connectivity index (χ1v) is 9.76. The predicted molar refractivity (Wildman–Crippen MR) is 122 cm³/mol. The Labute approximate surface area is 168 Å². The van der Waals surface area contributed by atoms with E-state index in [0.717, 1.165) is 38.2 Å². The number of hydrogen-bond acceptors (Lipinski definition) is 2. The molecule has 5 aromatic rings. The van der Waals surface area contributed by atoms with Gasteiger partial charge in [0.15, 0.2) is 0 Å². The maximum absolute atomic E-state index is 12.9. The SMILES string of the molecule is CC(C)=Cc1c2ccccc2c(-c2ccccc2)c2oc(=O)c3ccccc3c12. The molecular weight excluding hydrogens is 356 g/mol. The third-order valence-corrected chi connectivity index (χ3v) is 5.32. The Morgan fingerprint density at radius 3 is 2.00 bits per heavy atom. The molecular formula is C27H20O2. The second-order valence-corrected chi connectivity index (χ2v) is 7.56. The van der Waals surface area contributed by atoms with Gasteiger partial charge in [-0.2, -0.15) is 0 Å². The van der Waals surface area contributed by atoms with Gasteiger partial charge in [-0.25, -0.2) is 4.79 Å². The molecule has 2 heteroatoms. The Bertz CT molecular complexity index is 1470. The van der Waals surface area contributed by atoms with Crippen molar-refractivity contribution in [1.29, 1.82) is 0 Å². The van der Waals surface area contributed by atoms with Gasteiger partial charge in [0.2, 0.25) is 0 Å². The van der Waals surface area contributed by atoms with Crippen molar-refractivity contribution >= 4 is 38.6 Å². The summed E-state index contributed by atoms with van der Waals surface area (Å²) in [5.74, 6) is 0. The average molecular weight is 376 g/mol. The number of benzene rings is 4. The molecule has 2 nitrogen and oxygen atoms in total. The molecule has 0 radical (unpaired) electrons. The Kier molecular flexibility index (Phi) is 4.06. The number of fused-ring (bicyclic) bond motifs is 4. The first-order chi connectivity index (χ1) is 14.1. The fraction of sp³-hybridized carbons (Fsp3) is 0.0741. The van der Waals surface area contributed by atoms with Crippen molar-refractivity contribution in [2.24, 2.45) is 0 Å². The first-order valence-electron chi connectivity index (χ1n) is 9.76. The quantitative estimate of drug-likeness (QED) is 0.185. The van der Waals surface area contributed by atoms with Gasteiger partial charge in [0.05, 0.1) is 5.39 Å². The monoisotopic (exact) mass is 376 g/mol. The van der Waals surface area contributed by atoms with Crippen LogP contribution in [0.2, 0.25) is 0 Å². The zero-order chi connectivity index (χ0) is 20.0. The normalized spacial score (nSPS) is 11.2. The summed E-state index contributed by atoms with van der Waals surface area (Å²) in [7, 11) is 0. The lowest BCUT2D eigenvalue weighted by Gasteiger charge is -2.16. The largest absolute Gasteiger partial charge is 0.422 e. The average Bonchev–Trinajstić information content (AvgIpc) is 2.74. The minimum Gasteiger partial charge on any atom is -0.422 e. The van der Waals surface area contributed by atoms with Gasteiger partial charge in [0.25, 0.3) is 0 Å². The van der Waals surface area contributed by atoms with Gasteiger partial charge in [-0.15, -0.1) is 0 Å². The van der Waals surface area contributed by atoms with Crippen LogP contribution in [-0.2, 0) is 0 Å². The summed E-state index contributed by atoms with van der Waals surface area (Å²) >= 11 is 0. The van der Waals surface area contributed by atoms with Crippen LogP contribution >= 0.6 is 0 Å². The van der Waals surface area contributed by atoms with E-state index in [1.165, 1.54) is 5.57 Å². The lowest BCUT2D eigenvalue weighted by Crippen LogP contribution is -2.02. The maximum atomic E-state index is 12.9. The van der Waals surface area contributed by atoms with Gasteiger partial charge >= 0.3 is 5.63 Å². The third kappa shape index (κ3) is 2.76. The molecule has 0 aliphatic heterocycles. The van der Waals surface area contributed by atoms with Crippen LogP contribution in [0.1, 0.15) is 19.4 Å². The van der Waals surface area contributed by atoms with E-state index in [9.17, 15) is 4.79 Å². The highest BCUT2D eigenvalue weighted by Gasteiger charge is 2.19. The van der Waals surface area contributed by atoms with Crippen LogP contribution in [0.15, 0.2) is 93.6 Å². The summed E-state index contributed by atoms with van der Waals surface area (Å²) in [5.41, 5.74) is 4.63. The molecule has 140 valence electrons. The van der Waals surface area contributed by atoms with Crippen molar-refractivity contribution in [3.8, 4) is 11.1 Å². The zero-order valence-electron chi connectivity index (χ0n) is 16.4. The number of hydrogen-bond donors (Lipinski definition) is 0. The number of allylic oxidation sites excluding steroid dienone is 1. The molecule has 0 atom stereocenters. The molecule has 0 fully saturated rings. The van der Waals surface area contributed by atoms with E-state index in [-0.39, 0.29) is 5.63 Å². The second kappa shape index (κ2) is 6.75. The molecule has 0 aliphatic carbocycles. The van der Waals surface area contributed by atoms with Crippen molar-refractivity contribution in [3.63, 3.8) is 0 Å². The first kappa shape index (κ1) is 17.4. The highest BCUT2D eigenvalue weighted by Crippen LogP contribution is 2.41. The van der Waals surface area contributed by atoms with E-state index in [1.54, 1.807) is 0 Å². The molecule has 4 aromatic carbocycles. The standard InChI is InChI=1S/C27H20O2/c1-17(2)16-23-19-12-6-7-13-20(19)24(18-10-4-3-5-11-18)26-25(23)21-14-8-9-15-22(21)27(28)29-26/h3-16H,1-2H3. The summed E-state index contributed by atoms with van der Waals surface area (Å²) in [6.07, 6.45) is 2.19. The van der Waals surface area contributed by atoms with Crippen LogP contribution < -0.4 is 5.63 Å². The summed E-state index contributed by atoms with van der Waals surface area (Å²) in [4.78, 5) is 12.9. The van der Waals surface area contributed by atoms with E-state index in [0.29, 0.717) is 11.0 Å². The van der Waals surface area contributed by atoms with Crippen molar-refractivity contribution in [2.45, 2.75) is 13.8 Å². The molecule has 0 spiro atoms. The highest BCUT2D eigenvalue weighted by atomic mass is 16.4. The van der Waals surface area contributed by atoms with Crippen LogP contribution in [0.5, 0.6) is 0 Å². The van der Waals surface area contributed by atoms with E-state index in [4.69, 9.17) is 4.42 Å². The molecule has 5 rings (SSSR count). The lowest BCUT2D eigenvalue weighted by molar-refractivity contribution is 0.571. The second-order valence-electron chi connectivity index (χ2n) is 7.56. The van der Waals surface area contributed by atoms with Gasteiger partial charge in [0, 0.05) is 16.3 Å². The topological polar surface area (TPSA) is 30.2 Å². The smallest absolute Gasteiger partial charge is 0.344 e. The summed E-state index contributed by atoms with van der Waals surface area (Å²) in [6, 6.07) is 26.2. The van der Waals surface area contributed by atoms with Crippen LogP contribution in [0.25, 0.3) is 49.7 Å². The van der Waals surface area contributed by atoms with Crippen LogP contribution in [0.3, 0.4) is 0 Å². The van der Waals surface area contributed by atoms with Gasteiger partial charge in [0.1, 0.15) is 5.58 Å². The molecule has 0 aliphatic rings. The van der Waals surface area contributed by atoms with Gasteiger partial charge in [-0.05, 0) is 41.8 Å². The van der Waals surface area contributed by atoms with E-state index >= 15 is 0 Å².